The highest BCUT2D eigenvalue weighted by Gasteiger charge is 2.10. The summed E-state index contributed by atoms with van der Waals surface area (Å²) in [6.45, 7) is 0.564. The largest absolute Gasteiger partial charge is 0.489 e. The van der Waals surface area contributed by atoms with Crippen LogP contribution in [0.1, 0.15) is 23.1 Å². The fourth-order valence-electron chi connectivity index (χ4n) is 2.49. The molecule has 0 bridgehead atoms. The Labute approximate surface area is 124 Å². The molecule has 106 valence electrons. The van der Waals surface area contributed by atoms with Gasteiger partial charge in [0, 0.05) is 0 Å². The van der Waals surface area contributed by atoms with Crippen LogP contribution in [0.5, 0.6) is 5.75 Å². The van der Waals surface area contributed by atoms with Gasteiger partial charge in [-0.25, -0.2) is 0 Å². The zero-order valence-corrected chi connectivity index (χ0v) is 11.7. The van der Waals surface area contributed by atoms with Crippen molar-refractivity contribution in [2.45, 2.75) is 19.4 Å². The molecule has 0 fully saturated rings. The van der Waals surface area contributed by atoms with Crippen molar-refractivity contribution in [2.24, 2.45) is 5.16 Å². The van der Waals surface area contributed by atoms with Gasteiger partial charge in [0.2, 0.25) is 0 Å². The minimum Gasteiger partial charge on any atom is -0.489 e. The molecule has 3 rings (SSSR count). The summed E-state index contributed by atoms with van der Waals surface area (Å²) >= 11 is 0. The van der Waals surface area contributed by atoms with Gasteiger partial charge in [-0.2, -0.15) is 0 Å². The van der Waals surface area contributed by atoms with E-state index in [1.807, 2.05) is 48.5 Å². The molecular formula is C18H17NO2. The summed E-state index contributed by atoms with van der Waals surface area (Å²) in [5, 5.41) is 11.7. The summed E-state index contributed by atoms with van der Waals surface area (Å²) in [5.41, 5.74) is 4.63. The minimum absolute atomic E-state index is 0.564. The smallest absolute Gasteiger partial charge is 0.120 e. The molecule has 0 unspecified atom stereocenters. The number of hydrogen-bond donors (Lipinski definition) is 1. The minimum atomic E-state index is 0.564. The van der Waals surface area contributed by atoms with E-state index in [2.05, 4.69) is 11.2 Å². The van der Waals surface area contributed by atoms with E-state index in [4.69, 9.17) is 9.94 Å². The molecule has 0 heterocycles. The van der Waals surface area contributed by atoms with E-state index in [1.165, 1.54) is 11.8 Å². The Kier molecular flexibility index (Phi) is 4.01. The molecule has 3 nitrogen and oxygen atoms in total. The van der Waals surface area contributed by atoms with Crippen LogP contribution in [0.2, 0.25) is 0 Å². The van der Waals surface area contributed by atoms with Crippen LogP contribution < -0.4 is 4.74 Å². The quantitative estimate of drug-likeness (QED) is 0.521. The number of ether oxygens (including phenoxy) is 1. The van der Waals surface area contributed by atoms with E-state index in [1.54, 1.807) is 0 Å². The van der Waals surface area contributed by atoms with Crippen molar-refractivity contribution in [1.29, 1.82) is 0 Å². The lowest BCUT2D eigenvalue weighted by atomic mass is 9.92. The van der Waals surface area contributed by atoms with Crippen molar-refractivity contribution < 1.29 is 9.94 Å². The number of oxime groups is 1. The number of hydrogen-bond acceptors (Lipinski definition) is 3. The molecule has 0 spiro atoms. The van der Waals surface area contributed by atoms with E-state index >= 15 is 0 Å². The molecular weight excluding hydrogens is 262 g/mol. The molecule has 1 aliphatic rings. The zero-order chi connectivity index (χ0) is 14.5. The van der Waals surface area contributed by atoms with E-state index in [0.717, 1.165) is 35.3 Å². The average Bonchev–Trinajstić information content (AvgIpc) is 2.54. The summed E-state index contributed by atoms with van der Waals surface area (Å²) in [4.78, 5) is 0. The number of allylic oxidation sites excluding steroid dienone is 1. The topological polar surface area (TPSA) is 41.8 Å². The Morgan fingerprint density at radius 3 is 2.76 bits per heavy atom. The van der Waals surface area contributed by atoms with Crippen LogP contribution in [0.4, 0.5) is 0 Å². The lowest BCUT2D eigenvalue weighted by Gasteiger charge is -2.15. The Morgan fingerprint density at radius 2 is 1.95 bits per heavy atom. The van der Waals surface area contributed by atoms with Crippen LogP contribution in [0.15, 0.2) is 59.3 Å². The molecule has 0 amide bonds. The summed E-state index contributed by atoms with van der Waals surface area (Å²) < 4.78 is 5.84. The Bertz CT molecular complexity index is 675. The number of rotatable bonds is 4. The number of nitrogens with zero attached hydrogens (tertiary/aromatic N) is 1. The number of benzene rings is 2. The molecule has 0 saturated heterocycles. The van der Waals surface area contributed by atoms with Crippen molar-refractivity contribution in [3.63, 3.8) is 0 Å². The van der Waals surface area contributed by atoms with Gasteiger partial charge in [0.15, 0.2) is 0 Å². The normalized spacial score (nSPS) is 13.8. The molecule has 0 atom stereocenters. The standard InChI is InChI=1S/C18H17NO2/c20-19-12-15-6-7-16-8-9-18(11-17(16)10-15)21-13-14-4-2-1-3-5-14/h1-5,8-12,20H,6-7,13H2. The Hall–Kier alpha value is -2.55. The van der Waals surface area contributed by atoms with Crippen molar-refractivity contribution in [1.82, 2.24) is 0 Å². The van der Waals surface area contributed by atoms with Gasteiger partial charge in [-0.15, -0.1) is 0 Å². The van der Waals surface area contributed by atoms with Gasteiger partial charge < -0.3 is 9.94 Å². The average molecular weight is 279 g/mol. The molecule has 3 heteroatoms. The van der Waals surface area contributed by atoms with Crippen LogP contribution in [0.25, 0.3) is 6.08 Å². The molecule has 0 aromatic heterocycles. The molecule has 0 saturated carbocycles. The second kappa shape index (κ2) is 6.27. The van der Waals surface area contributed by atoms with Gasteiger partial charge in [0.05, 0.1) is 6.21 Å². The second-order valence-electron chi connectivity index (χ2n) is 5.10. The summed E-state index contributed by atoms with van der Waals surface area (Å²) in [6, 6.07) is 16.3. The van der Waals surface area contributed by atoms with Crippen LogP contribution >= 0.6 is 0 Å². The molecule has 2 aromatic carbocycles. The Balaban J connectivity index is 1.75. The predicted octanol–water partition coefficient (Wildman–Crippen LogP) is 4.06. The van der Waals surface area contributed by atoms with Gasteiger partial charge in [-0.3, -0.25) is 0 Å². The van der Waals surface area contributed by atoms with Crippen molar-refractivity contribution in [3.05, 3.63) is 70.8 Å². The van der Waals surface area contributed by atoms with Crippen LogP contribution in [-0.4, -0.2) is 11.4 Å². The van der Waals surface area contributed by atoms with Crippen LogP contribution in [0.3, 0.4) is 0 Å². The van der Waals surface area contributed by atoms with Crippen LogP contribution in [-0.2, 0) is 13.0 Å². The first-order valence-corrected chi connectivity index (χ1v) is 7.03. The lowest BCUT2D eigenvalue weighted by Crippen LogP contribution is -2.01. The third-order valence-corrected chi connectivity index (χ3v) is 3.61. The first-order chi connectivity index (χ1) is 10.3. The maximum atomic E-state index is 8.64. The second-order valence-corrected chi connectivity index (χ2v) is 5.10. The van der Waals surface area contributed by atoms with Gasteiger partial charge >= 0.3 is 0 Å². The van der Waals surface area contributed by atoms with Gasteiger partial charge in [0.1, 0.15) is 12.4 Å². The fourth-order valence-corrected chi connectivity index (χ4v) is 2.49. The predicted molar refractivity (Wildman–Crippen MR) is 83.8 cm³/mol. The monoisotopic (exact) mass is 279 g/mol. The summed E-state index contributed by atoms with van der Waals surface area (Å²) in [6.07, 6.45) is 5.42. The van der Waals surface area contributed by atoms with Crippen molar-refractivity contribution >= 4 is 12.3 Å². The third-order valence-electron chi connectivity index (χ3n) is 3.61. The maximum Gasteiger partial charge on any atom is 0.120 e. The highest BCUT2D eigenvalue weighted by Crippen LogP contribution is 2.27. The summed E-state index contributed by atoms with van der Waals surface area (Å²) in [5.74, 6) is 0.857. The van der Waals surface area contributed by atoms with E-state index in [9.17, 15) is 0 Å². The first-order valence-electron chi connectivity index (χ1n) is 7.03. The summed E-state index contributed by atoms with van der Waals surface area (Å²) in [7, 11) is 0. The highest BCUT2D eigenvalue weighted by atomic mass is 16.5. The van der Waals surface area contributed by atoms with E-state index < -0.39 is 0 Å². The lowest BCUT2D eigenvalue weighted by molar-refractivity contribution is 0.306. The molecule has 1 aliphatic carbocycles. The number of aryl methyl sites for hydroxylation is 1. The van der Waals surface area contributed by atoms with Gasteiger partial charge in [0.25, 0.3) is 0 Å². The van der Waals surface area contributed by atoms with E-state index in [0.29, 0.717) is 6.61 Å². The number of fused-ring (bicyclic) bond motifs is 1. The molecule has 1 N–H and O–H groups in total. The molecule has 2 aromatic rings. The van der Waals surface area contributed by atoms with Crippen molar-refractivity contribution in [3.8, 4) is 5.75 Å². The fraction of sp³-hybridized carbons (Fsp3) is 0.167. The molecule has 0 aliphatic heterocycles. The molecule has 21 heavy (non-hydrogen) atoms. The van der Waals surface area contributed by atoms with E-state index in [-0.39, 0.29) is 0 Å². The zero-order valence-electron chi connectivity index (χ0n) is 11.7. The third kappa shape index (κ3) is 3.31. The Morgan fingerprint density at radius 1 is 1.10 bits per heavy atom. The molecule has 0 radical (unpaired) electrons. The van der Waals surface area contributed by atoms with Crippen molar-refractivity contribution in [2.75, 3.05) is 0 Å². The SMILES string of the molecule is ON=CC1=Cc2cc(OCc3ccccc3)ccc2CC1. The van der Waals surface area contributed by atoms with Crippen LogP contribution in [0, 0.1) is 0 Å². The van der Waals surface area contributed by atoms with Gasteiger partial charge in [-0.1, -0.05) is 41.6 Å². The first kappa shape index (κ1) is 13.4. The highest BCUT2D eigenvalue weighted by molar-refractivity contribution is 5.86. The van der Waals surface area contributed by atoms with Gasteiger partial charge in [-0.05, 0) is 53.3 Å². The maximum absolute atomic E-state index is 8.64.